The predicted molar refractivity (Wildman–Crippen MR) is 72.0 cm³/mol. The van der Waals surface area contributed by atoms with E-state index in [1.54, 1.807) is 7.05 Å². The van der Waals surface area contributed by atoms with Gasteiger partial charge >= 0.3 is 0 Å². The number of likely N-dealkylation sites (N-methyl/N-ethyl adjacent to an activating group) is 1. The number of amides is 1. The molecular weight excluding hydrogens is 232 g/mol. The number of carbonyl (C=O) groups is 1. The minimum atomic E-state index is -0.156. The maximum atomic E-state index is 11.5. The van der Waals surface area contributed by atoms with E-state index >= 15 is 0 Å². The summed E-state index contributed by atoms with van der Waals surface area (Å²) in [6, 6.07) is 8.58. The van der Waals surface area contributed by atoms with E-state index in [0.717, 1.165) is 11.5 Å². The molecule has 0 aliphatic carbocycles. The van der Waals surface area contributed by atoms with Crippen LogP contribution in [0.3, 0.4) is 0 Å². The van der Waals surface area contributed by atoms with Crippen LogP contribution < -0.4 is 10.6 Å². The van der Waals surface area contributed by atoms with Crippen LogP contribution in [-0.4, -0.2) is 24.7 Å². The van der Waals surface area contributed by atoms with Gasteiger partial charge in [0.05, 0.1) is 6.04 Å². The van der Waals surface area contributed by atoms with Crippen molar-refractivity contribution >= 4 is 17.7 Å². The zero-order valence-electron chi connectivity index (χ0n) is 10.2. The summed E-state index contributed by atoms with van der Waals surface area (Å²) in [4.78, 5) is 11.5. The van der Waals surface area contributed by atoms with E-state index in [1.165, 1.54) is 11.1 Å². The molecule has 1 aromatic carbocycles. The average molecular weight is 250 g/mol. The minimum Gasteiger partial charge on any atom is -0.358 e. The van der Waals surface area contributed by atoms with Crippen LogP contribution in [0.2, 0.25) is 0 Å². The molecule has 2 rings (SSSR count). The van der Waals surface area contributed by atoms with E-state index in [-0.39, 0.29) is 18.0 Å². The first-order chi connectivity index (χ1) is 8.22. The molecule has 92 valence electrons. The summed E-state index contributed by atoms with van der Waals surface area (Å²) in [5.74, 6) is 2.14. The molecule has 1 aliphatic heterocycles. The topological polar surface area (TPSA) is 41.1 Å². The highest BCUT2D eigenvalue weighted by Gasteiger charge is 2.23. The Kier molecular flexibility index (Phi) is 4.07. The van der Waals surface area contributed by atoms with Gasteiger partial charge in [0.1, 0.15) is 0 Å². The Bertz CT molecular complexity index is 408. The maximum absolute atomic E-state index is 11.5. The summed E-state index contributed by atoms with van der Waals surface area (Å²) in [5.41, 5.74) is 2.72. The zero-order chi connectivity index (χ0) is 12.3. The Morgan fingerprint density at radius 2 is 2.24 bits per heavy atom. The van der Waals surface area contributed by atoms with Gasteiger partial charge < -0.3 is 5.32 Å². The quantitative estimate of drug-likeness (QED) is 0.858. The Labute approximate surface area is 106 Å². The van der Waals surface area contributed by atoms with Crippen molar-refractivity contribution in [1.82, 2.24) is 10.6 Å². The maximum Gasteiger partial charge on any atom is 0.236 e. The first kappa shape index (κ1) is 12.5. The molecule has 1 amide bonds. The fourth-order valence-corrected chi connectivity index (χ4v) is 3.23. The van der Waals surface area contributed by atoms with Gasteiger partial charge in [0.15, 0.2) is 0 Å². The van der Waals surface area contributed by atoms with Gasteiger partial charge in [-0.2, -0.15) is 11.8 Å². The Hall–Kier alpha value is -1.00. The molecule has 4 heteroatoms. The van der Waals surface area contributed by atoms with Crippen molar-refractivity contribution in [2.24, 2.45) is 0 Å². The van der Waals surface area contributed by atoms with E-state index in [1.807, 2.05) is 18.7 Å². The molecule has 0 bridgehead atoms. The summed E-state index contributed by atoms with van der Waals surface area (Å²) in [7, 11) is 1.67. The molecule has 0 fully saturated rings. The molecule has 2 atom stereocenters. The molecule has 1 aliphatic rings. The van der Waals surface area contributed by atoms with Gasteiger partial charge in [-0.05, 0) is 18.1 Å². The third-order valence-electron chi connectivity index (χ3n) is 3.06. The monoisotopic (exact) mass is 250 g/mol. The van der Waals surface area contributed by atoms with Crippen LogP contribution in [0.5, 0.6) is 0 Å². The minimum absolute atomic E-state index is 0.0399. The van der Waals surface area contributed by atoms with E-state index < -0.39 is 0 Å². The fourth-order valence-electron chi connectivity index (χ4n) is 2.11. The van der Waals surface area contributed by atoms with Crippen molar-refractivity contribution in [3.63, 3.8) is 0 Å². The summed E-state index contributed by atoms with van der Waals surface area (Å²) < 4.78 is 0. The van der Waals surface area contributed by atoms with Crippen LogP contribution in [0.1, 0.15) is 24.1 Å². The van der Waals surface area contributed by atoms with Gasteiger partial charge in [0.2, 0.25) is 5.91 Å². The number of hydrogen-bond donors (Lipinski definition) is 2. The Balaban J connectivity index is 2.11. The molecule has 0 spiro atoms. The molecular formula is C13H18N2OS. The summed E-state index contributed by atoms with van der Waals surface area (Å²) in [5, 5.41) is 6.06. The second-order valence-corrected chi connectivity index (χ2v) is 5.30. The lowest BCUT2D eigenvalue weighted by atomic mass is 10.0. The molecule has 2 unspecified atom stereocenters. The number of thioether (sulfide) groups is 1. The third kappa shape index (κ3) is 2.82. The SMILES string of the molecule is CNC(=O)C(C)NC1CSCc2ccccc21. The molecule has 17 heavy (non-hydrogen) atoms. The number of carbonyl (C=O) groups excluding carboxylic acids is 1. The van der Waals surface area contributed by atoms with Crippen LogP contribution in [0, 0.1) is 0 Å². The molecule has 0 radical (unpaired) electrons. The third-order valence-corrected chi connectivity index (χ3v) is 4.15. The normalized spacial score (nSPS) is 20.5. The number of benzene rings is 1. The van der Waals surface area contributed by atoms with Crippen molar-refractivity contribution in [1.29, 1.82) is 0 Å². The number of fused-ring (bicyclic) bond motifs is 1. The van der Waals surface area contributed by atoms with E-state index in [4.69, 9.17) is 0 Å². The molecule has 1 aromatic rings. The lowest BCUT2D eigenvalue weighted by molar-refractivity contribution is -0.122. The second-order valence-electron chi connectivity index (χ2n) is 4.27. The highest BCUT2D eigenvalue weighted by molar-refractivity contribution is 7.98. The zero-order valence-corrected chi connectivity index (χ0v) is 11.0. The van der Waals surface area contributed by atoms with Crippen molar-refractivity contribution in [2.45, 2.75) is 24.8 Å². The highest BCUT2D eigenvalue weighted by atomic mass is 32.2. The summed E-state index contributed by atoms with van der Waals surface area (Å²) >= 11 is 1.91. The predicted octanol–water partition coefficient (Wildman–Crippen LogP) is 1.70. The van der Waals surface area contributed by atoms with Crippen molar-refractivity contribution in [3.8, 4) is 0 Å². The van der Waals surface area contributed by atoms with Crippen molar-refractivity contribution < 1.29 is 4.79 Å². The smallest absolute Gasteiger partial charge is 0.236 e. The Morgan fingerprint density at radius 1 is 1.47 bits per heavy atom. The Morgan fingerprint density at radius 3 is 3.00 bits per heavy atom. The van der Waals surface area contributed by atoms with Gasteiger partial charge in [0, 0.05) is 24.6 Å². The van der Waals surface area contributed by atoms with Gasteiger partial charge in [-0.25, -0.2) is 0 Å². The molecule has 0 saturated carbocycles. The summed E-state index contributed by atoms with van der Waals surface area (Å²) in [6.45, 7) is 1.90. The van der Waals surface area contributed by atoms with E-state index in [9.17, 15) is 4.79 Å². The van der Waals surface area contributed by atoms with Crippen LogP contribution >= 0.6 is 11.8 Å². The number of nitrogens with one attached hydrogen (secondary N) is 2. The largest absolute Gasteiger partial charge is 0.358 e. The average Bonchev–Trinajstić information content (AvgIpc) is 2.38. The highest BCUT2D eigenvalue weighted by Crippen LogP contribution is 2.31. The lowest BCUT2D eigenvalue weighted by Crippen LogP contribution is -2.43. The molecule has 3 nitrogen and oxygen atoms in total. The second kappa shape index (κ2) is 5.56. The van der Waals surface area contributed by atoms with E-state index in [2.05, 4.69) is 34.9 Å². The fraction of sp³-hybridized carbons (Fsp3) is 0.462. The summed E-state index contributed by atoms with van der Waals surface area (Å²) in [6.07, 6.45) is 0. The van der Waals surface area contributed by atoms with Crippen LogP contribution in [0.25, 0.3) is 0 Å². The van der Waals surface area contributed by atoms with Gasteiger partial charge in [0.25, 0.3) is 0 Å². The van der Waals surface area contributed by atoms with Crippen LogP contribution in [-0.2, 0) is 10.5 Å². The van der Waals surface area contributed by atoms with E-state index in [0.29, 0.717) is 0 Å². The first-order valence-electron chi connectivity index (χ1n) is 5.85. The van der Waals surface area contributed by atoms with Crippen molar-refractivity contribution in [3.05, 3.63) is 35.4 Å². The van der Waals surface area contributed by atoms with Crippen molar-refractivity contribution in [2.75, 3.05) is 12.8 Å². The van der Waals surface area contributed by atoms with Crippen LogP contribution in [0.15, 0.2) is 24.3 Å². The van der Waals surface area contributed by atoms with Gasteiger partial charge in [-0.3, -0.25) is 10.1 Å². The standard InChI is InChI=1S/C13H18N2OS/c1-9(13(16)14-2)15-12-8-17-7-10-5-3-4-6-11(10)12/h3-6,9,12,15H,7-8H2,1-2H3,(H,14,16). The number of rotatable bonds is 3. The molecule has 1 heterocycles. The first-order valence-corrected chi connectivity index (χ1v) is 7.01. The van der Waals surface area contributed by atoms with Gasteiger partial charge in [-0.1, -0.05) is 24.3 Å². The van der Waals surface area contributed by atoms with Gasteiger partial charge in [-0.15, -0.1) is 0 Å². The lowest BCUT2D eigenvalue weighted by Gasteiger charge is -2.28. The molecule has 2 N–H and O–H groups in total. The molecule has 0 aromatic heterocycles. The number of hydrogen-bond acceptors (Lipinski definition) is 3. The van der Waals surface area contributed by atoms with Crippen LogP contribution in [0.4, 0.5) is 0 Å². The molecule has 0 saturated heterocycles.